The van der Waals surface area contributed by atoms with E-state index in [0.29, 0.717) is 12.2 Å². The highest BCUT2D eigenvalue weighted by molar-refractivity contribution is 7.89. The van der Waals surface area contributed by atoms with Crippen LogP contribution >= 0.6 is 0 Å². The van der Waals surface area contributed by atoms with E-state index in [1.54, 1.807) is 12.1 Å². The van der Waals surface area contributed by atoms with Gasteiger partial charge in [-0.25, -0.2) is 13.6 Å². The predicted octanol–water partition coefficient (Wildman–Crippen LogP) is -0.617. The smallest absolute Gasteiger partial charge is 0.279 e. The lowest BCUT2D eigenvalue weighted by Gasteiger charge is -2.33. The molecule has 1 amide bonds. The minimum absolute atomic E-state index is 0.0106. The second-order valence-electron chi connectivity index (χ2n) is 6.55. The van der Waals surface area contributed by atoms with Crippen molar-refractivity contribution < 1.29 is 23.2 Å². The fraction of sp³-hybridized carbons (Fsp3) is 0.278. The fourth-order valence-electron chi connectivity index (χ4n) is 3.08. The predicted molar refractivity (Wildman–Crippen MR) is 102 cm³/mol. The average molecular weight is 391 g/mol. The van der Waals surface area contributed by atoms with Crippen LogP contribution in [-0.4, -0.2) is 52.2 Å². The molecule has 2 aromatic rings. The Morgan fingerprint density at radius 1 is 1.07 bits per heavy atom. The molecular formula is C18H23N4O4S+. The van der Waals surface area contributed by atoms with Crippen LogP contribution in [-0.2, 0) is 14.8 Å². The zero-order valence-electron chi connectivity index (χ0n) is 14.8. The van der Waals surface area contributed by atoms with Gasteiger partial charge in [0.25, 0.3) is 5.91 Å². The van der Waals surface area contributed by atoms with E-state index in [-0.39, 0.29) is 16.6 Å². The van der Waals surface area contributed by atoms with Crippen LogP contribution in [0.15, 0.2) is 53.4 Å². The lowest BCUT2D eigenvalue weighted by molar-refractivity contribution is -0.892. The maximum atomic E-state index is 12.2. The summed E-state index contributed by atoms with van der Waals surface area (Å²) in [6, 6.07) is 12.9. The Hall–Kier alpha value is -2.62. The van der Waals surface area contributed by atoms with Crippen LogP contribution < -0.4 is 20.3 Å². The summed E-state index contributed by atoms with van der Waals surface area (Å²) in [5, 5.41) is 17.2. The molecule has 1 heterocycles. The molecule has 1 fully saturated rings. The Labute approximate surface area is 158 Å². The summed E-state index contributed by atoms with van der Waals surface area (Å²) in [5.41, 5.74) is 1.60. The van der Waals surface area contributed by atoms with E-state index >= 15 is 0 Å². The summed E-state index contributed by atoms with van der Waals surface area (Å²) in [6.07, 6.45) is 0. The number of sulfonamides is 1. The molecule has 1 saturated heterocycles. The van der Waals surface area contributed by atoms with Crippen molar-refractivity contribution >= 4 is 27.3 Å². The normalized spacial score (nSPS) is 15.5. The lowest BCUT2D eigenvalue weighted by atomic mass is 10.2. The van der Waals surface area contributed by atoms with Gasteiger partial charge in [-0.05, 0) is 48.5 Å². The first-order chi connectivity index (χ1) is 12.8. The van der Waals surface area contributed by atoms with Gasteiger partial charge in [0.2, 0.25) is 10.0 Å². The third-order valence-electron chi connectivity index (χ3n) is 4.56. The van der Waals surface area contributed by atoms with E-state index in [0.717, 1.165) is 31.9 Å². The molecule has 5 N–H and O–H groups in total. The molecule has 144 valence electrons. The van der Waals surface area contributed by atoms with Crippen molar-refractivity contribution in [2.24, 2.45) is 5.14 Å². The van der Waals surface area contributed by atoms with Crippen molar-refractivity contribution in [2.75, 3.05) is 42.9 Å². The minimum Gasteiger partial charge on any atom is -0.508 e. The van der Waals surface area contributed by atoms with E-state index in [4.69, 9.17) is 5.14 Å². The van der Waals surface area contributed by atoms with Crippen molar-refractivity contribution in [1.29, 1.82) is 0 Å². The third-order valence-corrected chi connectivity index (χ3v) is 5.49. The molecule has 1 aliphatic heterocycles. The molecule has 27 heavy (non-hydrogen) atoms. The van der Waals surface area contributed by atoms with Gasteiger partial charge in [-0.15, -0.1) is 0 Å². The third kappa shape index (κ3) is 5.19. The molecule has 0 aliphatic carbocycles. The van der Waals surface area contributed by atoms with Gasteiger partial charge in [0.05, 0.1) is 31.1 Å². The topological polar surface area (TPSA) is 117 Å². The number of nitrogens with one attached hydrogen (secondary N) is 2. The van der Waals surface area contributed by atoms with E-state index in [9.17, 15) is 18.3 Å². The van der Waals surface area contributed by atoms with Gasteiger partial charge in [0.1, 0.15) is 5.75 Å². The first-order valence-electron chi connectivity index (χ1n) is 8.61. The lowest BCUT2D eigenvalue weighted by Crippen LogP contribution is -3.15. The second kappa shape index (κ2) is 7.95. The number of benzene rings is 2. The molecule has 8 nitrogen and oxygen atoms in total. The van der Waals surface area contributed by atoms with E-state index in [1.807, 2.05) is 12.1 Å². The molecule has 2 aromatic carbocycles. The molecular weight excluding hydrogens is 368 g/mol. The Balaban J connectivity index is 1.48. The number of piperazine rings is 1. The molecule has 3 rings (SSSR count). The molecule has 1 aliphatic rings. The number of nitrogens with zero attached hydrogens (tertiary/aromatic N) is 1. The number of anilines is 2. The van der Waals surface area contributed by atoms with Crippen LogP contribution in [0.2, 0.25) is 0 Å². The quantitative estimate of drug-likeness (QED) is 0.542. The Kier molecular flexibility index (Phi) is 5.64. The largest absolute Gasteiger partial charge is 0.508 e. The standard InChI is InChI=1S/C18H22N4O4S/c19-27(25,26)17-7-1-14(2-8-17)20-18(24)13-21-9-11-22(12-10-21)15-3-5-16(23)6-4-15/h1-8,23H,9-13H2,(H,20,24)(H2,19,25,26)/p+1. The molecule has 0 unspecified atom stereocenters. The summed E-state index contributed by atoms with van der Waals surface area (Å²) in [4.78, 5) is 15.7. The summed E-state index contributed by atoms with van der Waals surface area (Å²) in [7, 11) is -3.74. The molecule has 0 atom stereocenters. The number of hydrogen-bond acceptors (Lipinski definition) is 5. The van der Waals surface area contributed by atoms with Crippen LogP contribution in [0.5, 0.6) is 5.75 Å². The van der Waals surface area contributed by atoms with Crippen LogP contribution in [0.1, 0.15) is 0 Å². The first-order valence-corrected chi connectivity index (χ1v) is 10.2. The number of primary sulfonamides is 1. The number of phenolic OH excluding ortho intramolecular Hbond substituents is 1. The highest BCUT2D eigenvalue weighted by atomic mass is 32.2. The molecule has 0 spiro atoms. The van der Waals surface area contributed by atoms with E-state index in [2.05, 4.69) is 10.2 Å². The number of hydrogen-bond donors (Lipinski definition) is 4. The zero-order chi connectivity index (χ0) is 19.4. The number of phenols is 1. The number of quaternary nitrogens is 1. The molecule has 0 radical (unpaired) electrons. The first kappa shape index (κ1) is 19.2. The number of carbonyl (C=O) groups excluding carboxylic acids is 1. The zero-order valence-corrected chi connectivity index (χ0v) is 15.6. The highest BCUT2D eigenvalue weighted by Gasteiger charge is 2.22. The number of rotatable bonds is 5. The summed E-state index contributed by atoms with van der Waals surface area (Å²) in [5.74, 6) is 0.128. The van der Waals surface area contributed by atoms with Crippen molar-refractivity contribution in [3.05, 3.63) is 48.5 Å². The average Bonchev–Trinajstić information content (AvgIpc) is 2.63. The van der Waals surface area contributed by atoms with E-state index in [1.165, 1.54) is 29.2 Å². The minimum atomic E-state index is -3.74. The number of amides is 1. The van der Waals surface area contributed by atoms with E-state index < -0.39 is 10.0 Å². The van der Waals surface area contributed by atoms with Gasteiger partial charge in [0, 0.05) is 11.4 Å². The van der Waals surface area contributed by atoms with Gasteiger partial charge < -0.3 is 20.2 Å². The second-order valence-corrected chi connectivity index (χ2v) is 8.11. The van der Waals surface area contributed by atoms with Crippen LogP contribution in [0, 0.1) is 0 Å². The summed E-state index contributed by atoms with van der Waals surface area (Å²) < 4.78 is 22.5. The van der Waals surface area contributed by atoms with Crippen LogP contribution in [0.25, 0.3) is 0 Å². The van der Waals surface area contributed by atoms with Crippen LogP contribution in [0.4, 0.5) is 11.4 Å². The summed E-state index contributed by atoms with van der Waals surface area (Å²) >= 11 is 0. The number of carbonyl (C=O) groups is 1. The van der Waals surface area contributed by atoms with Gasteiger partial charge >= 0.3 is 0 Å². The Bertz CT molecular complexity index is 890. The molecule has 9 heteroatoms. The number of aromatic hydroxyl groups is 1. The van der Waals surface area contributed by atoms with Crippen molar-refractivity contribution in [3.8, 4) is 5.75 Å². The van der Waals surface area contributed by atoms with Crippen molar-refractivity contribution in [1.82, 2.24) is 0 Å². The van der Waals surface area contributed by atoms with Crippen molar-refractivity contribution in [2.45, 2.75) is 4.90 Å². The maximum Gasteiger partial charge on any atom is 0.279 e. The SMILES string of the molecule is NS(=O)(=O)c1ccc(NC(=O)C[NH+]2CCN(c3ccc(O)cc3)CC2)cc1. The van der Waals surface area contributed by atoms with Crippen LogP contribution in [0.3, 0.4) is 0 Å². The van der Waals surface area contributed by atoms with Gasteiger partial charge in [0.15, 0.2) is 6.54 Å². The fourth-order valence-corrected chi connectivity index (χ4v) is 3.60. The maximum absolute atomic E-state index is 12.2. The van der Waals surface area contributed by atoms with Crippen molar-refractivity contribution in [3.63, 3.8) is 0 Å². The monoisotopic (exact) mass is 391 g/mol. The highest BCUT2D eigenvalue weighted by Crippen LogP contribution is 2.18. The van der Waals surface area contributed by atoms with Gasteiger partial charge in [-0.3, -0.25) is 4.79 Å². The molecule has 0 aromatic heterocycles. The Morgan fingerprint density at radius 3 is 2.22 bits per heavy atom. The summed E-state index contributed by atoms with van der Waals surface area (Å²) in [6.45, 7) is 3.67. The number of nitrogens with two attached hydrogens (primary N) is 1. The Morgan fingerprint density at radius 2 is 1.67 bits per heavy atom. The van der Waals surface area contributed by atoms with Gasteiger partial charge in [-0.2, -0.15) is 0 Å². The molecule has 0 saturated carbocycles. The van der Waals surface area contributed by atoms with Gasteiger partial charge in [-0.1, -0.05) is 0 Å². The molecule has 0 bridgehead atoms.